The summed E-state index contributed by atoms with van der Waals surface area (Å²) in [4.78, 5) is 37.1. The Labute approximate surface area is 122 Å². The van der Waals surface area contributed by atoms with Gasteiger partial charge < -0.3 is 4.74 Å². The van der Waals surface area contributed by atoms with E-state index in [2.05, 4.69) is 0 Å². The van der Waals surface area contributed by atoms with E-state index in [9.17, 15) is 14.4 Å². The first-order chi connectivity index (χ1) is 10.2. The lowest BCUT2D eigenvalue weighted by Gasteiger charge is -2.19. The first-order valence-electron chi connectivity index (χ1n) is 6.95. The van der Waals surface area contributed by atoms with Crippen LogP contribution < -0.4 is 0 Å². The van der Waals surface area contributed by atoms with Gasteiger partial charge in [0.1, 0.15) is 0 Å². The zero-order chi connectivity index (χ0) is 14.8. The molecule has 21 heavy (non-hydrogen) atoms. The summed E-state index contributed by atoms with van der Waals surface area (Å²) in [7, 11) is 0. The van der Waals surface area contributed by atoms with Crippen molar-refractivity contribution in [1.29, 1.82) is 0 Å². The Bertz CT molecular complexity index is 600. The van der Waals surface area contributed by atoms with Crippen LogP contribution in [0.3, 0.4) is 0 Å². The second kappa shape index (κ2) is 5.52. The third kappa shape index (κ3) is 2.46. The number of nitrogens with zero attached hydrogens (tertiary/aromatic N) is 1. The largest absolute Gasteiger partial charge is 0.443 e. The highest BCUT2D eigenvalue weighted by atomic mass is 16.5. The number of fused-ring (bicyclic) bond motifs is 1. The van der Waals surface area contributed by atoms with E-state index in [-0.39, 0.29) is 18.6 Å². The quantitative estimate of drug-likeness (QED) is 0.485. The van der Waals surface area contributed by atoms with Gasteiger partial charge in [-0.2, -0.15) is 0 Å². The van der Waals surface area contributed by atoms with Crippen LogP contribution in [-0.4, -0.2) is 29.4 Å². The van der Waals surface area contributed by atoms with E-state index >= 15 is 0 Å². The van der Waals surface area contributed by atoms with Gasteiger partial charge in [-0.05, 0) is 31.4 Å². The van der Waals surface area contributed by atoms with Crippen LogP contribution in [0, 0.1) is 5.92 Å². The minimum atomic E-state index is -0.410. The maximum atomic E-state index is 12.1. The minimum Gasteiger partial charge on any atom is -0.443 e. The number of carbonyl (C=O) groups excluding carboxylic acids is 3. The molecule has 1 aliphatic carbocycles. The zero-order valence-electron chi connectivity index (χ0n) is 11.5. The molecule has 0 saturated carbocycles. The van der Waals surface area contributed by atoms with E-state index in [1.807, 2.05) is 12.2 Å². The van der Waals surface area contributed by atoms with E-state index in [0.29, 0.717) is 17.5 Å². The van der Waals surface area contributed by atoms with Crippen molar-refractivity contribution in [2.45, 2.75) is 19.3 Å². The first-order valence-corrected chi connectivity index (χ1v) is 6.95. The number of allylic oxidation sites excluding steroid dienone is 2. The van der Waals surface area contributed by atoms with E-state index in [1.54, 1.807) is 24.3 Å². The van der Waals surface area contributed by atoms with Crippen LogP contribution in [0.25, 0.3) is 0 Å². The van der Waals surface area contributed by atoms with Crippen molar-refractivity contribution in [2.75, 3.05) is 6.73 Å². The molecule has 2 aliphatic rings. The van der Waals surface area contributed by atoms with Crippen LogP contribution in [0.4, 0.5) is 0 Å². The van der Waals surface area contributed by atoms with E-state index in [1.165, 1.54) is 0 Å². The highest BCUT2D eigenvalue weighted by molar-refractivity contribution is 6.21. The monoisotopic (exact) mass is 285 g/mol. The Morgan fingerprint density at radius 2 is 1.81 bits per heavy atom. The van der Waals surface area contributed by atoms with Crippen molar-refractivity contribution in [3.8, 4) is 0 Å². The second-order valence-corrected chi connectivity index (χ2v) is 5.16. The topological polar surface area (TPSA) is 63.7 Å². The molecule has 1 heterocycles. The first kappa shape index (κ1) is 13.5. The Balaban J connectivity index is 1.64. The zero-order valence-corrected chi connectivity index (χ0v) is 11.5. The molecule has 5 heteroatoms. The summed E-state index contributed by atoms with van der Waals surface area (Å²) < 4.78 is 5.15. The smallest absolute Gasteiger partial charge is 0.310 e. The standard InChI is InChI=1S/C16H15NO4/c18-14-12-8-4-5-9-13(12)15(19)17(14)10-21-16(20)11-6-2-1-3-7-11/h1-2,4-5,8-9,11H,3,6-7,10H2. The van der Waals surface area contributed by atoms with Crippen LogP contribution >= 0.6 is 0 Å². The fourth-order valence-corrected chi connectivity index (χ4v) is 2.61. The summed E-state index contributed by atoms with van der Waals surface area (Å²) in [6, 6.07) is 6.61. The van der Waals surface area contributed by atoms with E-state index in [0.717, 1.165) is 17.7 Å². The van der Waals surface area contributed by atoms with Gasteiger partial charge in [-0.1, -0.05) is 24.3 Å². The van der Waals surface area contributed by atoms with Gasteiger partial charge in [-0.15, -0.1) is 0 Å². The van der Waals surface area contributed by atoms with Crippen molar-refractivity contribution in [3.63, 3.8) is 0 Å². The lowest BCUT2D eigenvalue weighted by Crippen LogP contribution is -2.34. The molecular weight excluding hydrogens is 270 g/mol. The minimum absolute atomic E-state index is 0.176. The Morgan fingerprint density at radius 3 is 2.38 bits per heavy atom. The molecule has 0 fully saturated rings. The molecule has 1 unspecified atom stereocenters. The second-order valence-electron chi connectivity index (χ2n) is 5.16. The van der Waals surface area contributed by atoms with E-state index < -0.39 is 11.8 Å². The Morgan fingerprint density at radius 1 is 1.14 bits per heavy atom. The van der Waals surface area contributed by atoms with Crippen LogP contribution in [0.15, 0.2) is 36.4 Å². The van der Waals surface area contributed by atoms with Gasteiger partial charge in [-0.25, -0.2) is 4.90 Å². The number of carbonyl (C=O) groups is 3. The predicted octanol–water partition coefficient (Wildman–Crippen LogP) is 2.14. The van der Waals surface area contributed by atoms with Gasteiger partial charge in [0.15, 0.2) is 6.73 Å². The molecule has 2 amide bonds. The number of hydrogen-bond donors (Lipinski definition) is 0. The fraction of sp³-hybridized carbons (Fsp3) is 0.312. The number of esters is 1. The van der Waals surface area contributed by atoms with Gasteiger partial charge in [0.2, 0.25) is 0 Å². The van der Waals surface area contributed by atoms with Crippen LogP contribution in [0.2, 0.25) is 0 Å². The van der Waals surface area contributed by atoms with Gasteiger partial charge in [-0.3, -0.25) is 14.4 Å². The lowest BCUT2D eigenvalue weighted by atomic mass is 9.95. The third-order valence-corrected chi connectivity index (χ3v) is 3.82. The summed E-state index contributed by atoms with van der Waals surface area (Å²) in [5, 5.41) is 0. The van der Waals surface area contributed by atoms with Crippen molar-refractivity contribution in [1.82, 2.24) is 4.90 Å². The molecule has 0 bridgehead atoms. The molecular formula is C16H15NO4. The molecule has 5 nitrogen and oxygen atoms in total. The molecule has 1 aliphatic heterocycles. The summed E-state index contributed by atoms with van der Waals surface area (Å²) in [6.45, 7) is -0.314. The van der Waals surface area contributed by atoms with Gasteiger partial charge in [0.05, 0.1) is 17.0 Å². The fourth-order valence-electron chi connectivity index (χ4n) is 2.61. The molecule has 108 valence electrons. The number of hydrogen-bond acceptors (Lipinski definition) is 4. The van der Waals surface area contributed by atoms with Crippen LogP contribution in [0.1, 0.15) is 40.0 Å². The van der Waals surface area contributed by atoms with E-state index in [4.69, 9.17) is 4.74 Å². The average molecular weight is 285 g/mol. The molecule has 0 spiro atoms. The highest BCUT2D eigenvalue weighted by Gasteiger charge is 2.36. The van der Waals surface area contributed by atoms with Gasteiger partial charge >= 0.3 is 5.97 Å². The van der Waals surface area contributed by atoms with Crippen molar-refractivity contribution in [2.24, 2.45) is 5.92 Å². The number of amides is 2. The number of benzene rings is 1. The maximum Gasteiger partial charge on any atom is 0.310 e. The molecule has 1 atom stereocenters. The highest BCUT2D eigenvalue weighted by Crippen LogP contribution is 2.23. The normalized spacial score (nSPS) is 20.6. The predicted molar refractivity (Wildman–Crippen MR) is 74.4 cm³/mol. The Kier molecular flexibility index (Phi) is 3.56. The molecule has 3 rings (SSSR count). The SMILES string of the molecule is O=C(OCN1C(=O)c2ccccc2C1=O)C1CC=CCC1. The molecule has 0 radical (unpaired) electrons. The maximum absolute atomic E-state index is 12.1. The molecule has 1 aromatic carbocycles. The average Bonchev–Trinajstić information content (AvgIpc) is 2.78. The van der Waals surface area contributed by atoms with Crippen molar-refractivity contribution in [3.05, 3.63) is 47.5 Å². The van der Waals surface area contributed by atoms with Crippen LogP contribution in [-0.2, 0) is 9.53 Å². The number of ether oxygens (including phenoxy) is 1. The number of rotatable bonds is 3. The molecule has 0 aromatic heterocycles. The molecule has 0 N–H and O–H groups in total. The Hall–Kier alpha value is -2.43. The summed E-state index contributed by atoms with van der Waals surface area (Å²) in [6.07, 6.45) is 6.25. The third-order valence-electron chi connectivity index (χ3n) is 3.82. The molecule has 0 saturated heterocycles. The van der Waals surface area contributed by atoms with Gasteiger partial charge in [0, 0.05) is 0 Å². The van der Waals surface area contributed by atoms with Crippen molar-refractivity contribution >= 4 is 17.8 Å². The summed E-state index contributed by atoms with van der Waals surface area (Å²) in [5.41, 5.74) is 0.721. The molecule has 1 aromatic rings. The van der Waals surface area contributed by atoms with Crippen LogP contribution in [0.5, 0.6) is 0 Å². The summed E-state index contributed by atoms with van der Waals surface area (Å²) >= 11 is 0. The number of imide groups is 1. The summed E-state index contributed by atoms with van der Waals surface area (Å²) in [5.74, 6) is -1.35. The lowest BCUT2D eigenvalue weighted by molar-refractivity contribution is -0.151. The van der Waals surface area contributed by atoms with Crippen molar-refractivity contribution < 1.29 is 19.1 Å². The van der Waals surface area contributed by atoms with Gasteiger partial charge in [0.25, 0.3) is 11.8 Å².